The number of aliphatic hydroxyl groups is 2. The van der Waals surface area contributed by atoms with E-state index in [1.54, 1.807) is 0 Å². The second kappa shape index (κ2) is 7.83. The zero-order valence-electron chi connectivity index (χ0n) is 20.4. The van der Waals surface area contributed by atoms with Crippen LogP contribution in [0.25, 0.3) is 0 Å². The fraction of sp³-hybridized carbons (Fsp3) is 0.821. The van der Waals surface area contributed by atoms with Crippen LogP contribution in [0.15, 0.2) is 23.8 Å². The summed E-state index contributed by atoms with van der Waals surface area (Å²) < 4.78 is 0. The Labute approximate surface area is 189 Å². The molecule has 3 saturated carbocycles. The molecule has 3 heteroatoms. The summed E-state index contributed by atoms with van der Waals surface area (Å²) in [6.45, 7) is 15.4. The van der Waals surface area contributed by atoms with Crippen molar-refractivity contribution in [3.63, 3.8) is 0 Å². The third kappa shape index (κ3) is 3.68. The molecule has 0 heterocycles. The topological polar surface area (TPSA) is 57.5 Å². The van der Waals surface area contributed by atoms with Gasteiger partial charge in [0, 0.05) is 6.42 Å². The molecule has 2 N–H and O–H groups in total. The molecule has 0 spiro atoms. The molecule has 3 nitrogen and oxygen atoms in total. The molecule has 0 aromatic carbocycles. The molecule has 174 valence electrons. The van der Waals surface area contributed by atoms with Crippen molar-refractivity contribution >= 4 is 5.78 Å². The Hall–Kier alpha value is -0.930. The van der Waals surface area contributed by atoms with Gasteiger partial charge in [-0.1, -0.05) is 45.4 Å². The van der Waals surface area contributed by atoms with Crippen LogP contribution < -0.4 is 0 Å². The van der Waals surface area contributed by atoms with Gasteiger partial charge in [-0.3, -0.25) is 4.79 Å². The maximum Gasteiger partial charge on any atom is 0.155 e. The van der Waals surface area contributed by atoms with Crippen molar-refractivity contribution in [2.24, 2.45) is 40.4 Å². The number of fused-ring (bicyclic) bond motifs is 5. The van der Waals surface area contributed by atoms with Gasteiger partial charge in [0.05, 0.1) is 11.7 Å². The fourth-order valence-corrected chi connectivity index (χ4v) is 8.42. The average Bonchev–Trinajstić information content (AvgIpc) is 3.05. The van der Waals surface area contributed by atoms with Crippen LogP contribution in [0.4, 0.5) is 0 Å². The quantitative estimate of drug-likeness (QED) is 0.540. The first-order valence-electron chi connectivity index (χ1n) is 12.7. The zero-order chi connectivity index (χ0) is 22.8. The Morgan fingerprint density at radius 1 is 1.23 bits per heavy atom. The van der Waals surface area contributed by atoms with Gasteiger partial charge in [0.2, 0.25) is 0 Å². The predicted molar refractivity (Wildman–Crippen MR) is 125 cm³/mol. The largest absolute Gasteiger partial charge is 0.392 e. The highest BCUT2D eigenvalue weighted by Gasteiger charge is 2.63. The number of hydrogen-bond acceptors (Lipinski definition) is 3. The standard InChI is InChI=1S/C28H44O3/c1-17(2)18(3)9-14-28(6,31)24-8-7-21-25-22(11-13-27(21,24)5)26(4)12-10-20(29)15-19(26)16-23(25)30/h15,17,21-25,30-31H,3,7-14,16H2,1-2,4-6H3. The van der Waals surface area contributed by atoms with Crippen molar-refractivity contribution in [3.05, 3.63) is 23.8 Å². The highest BCUT2D eigenvalue weighted by molar-refractivity contribution is 5.91. The molecular formula is C28H44O3. The van der Waals surface area contributed by atoms with Crippen LogP contribution in [0, 0.1) is 40.4 Å². The van der Waals surface area contributed by atoms with Crippen LogP contribution in [0.3, 0.4) is 0 Å². The number of carbonyl (C=O) groups excluding carboxylic acids is 1. The second-order valence-corrected chi connectivity index (χ2v) is 12.5. The molecule has 0 amide bonds. The SMILES string of the molecule is C=C(CCC(C)(O)C1CCC2C3C(O)CC4=CC(=O)CCC4(C)C3CCC21C)C(C)C. The highest BCUT2D eigenvalue weighted by atomic mass is 16.3. The van der Waals surface area contributed by atoms with Crippen LogP contribution in [0.5, 0.6) is 0 Å². The number of ketones is 1. The maximum absolute atomic E-state index is 12.1. The first kappa shape index (κ1) is 23.2. The van der Waals surface area contributed by atoms with Crippen molar-refractivity contribution in [2.45, 2.75) is 104 Å². The lowest BCUT2D eigenvalue weighted by Crippen LogP contribution is -2.57. The zero-order valence-corrected chi connectivity index (χ0v) is 20.4. The van der Waals surface area contributed by atoms with Crippen LogP contribution in [0.1, 0.15) is 92.4 Å². The van der Waals surface area contributed by atoms with Gasteiger partial charge >= 0.3 is 0 Å². The molecule has 0 aromatic rings. The lowest BCUT2D eigenvalue weighted by molar-refractivity contribution is -0.138. The number of carbonyl (C=O) groups is 1. The number of rotatable bonds is 5. The minimum Gasteiger partial charge on any atom is -0.392 e. The molecule has 0 bridgehead atoms. The lowest BCUT2D eigenvalue weighted by atomic mass is 9.45. The van der Waals surface area contributed by atoms with E-state index in [1.807, 2.05) is 6.08 Å². The van der Waals surface area contributed by atoms with Gasteiger partial charge in [-0.05, 0) is 105 Å². The number of allylic oxidation sites excluding steroid dienone is 1. The molecule has 31 heavy (non-hydrogen) atoms. The Balaban J connectivity index is 1.58. The van der Waals surface area contributed by atoms with Crippen LogP contribution >= 0.6 is 0 Å². The van der Waals surface area contributed by atoms with Crippen molar-refractivity contribution < 1.29 is 15.0 Å². The minimum atomic E-state index is -0.694. The van der Waals surface area contributed by atoms with Crippen LogP contribution in [-0.2, 0) is 4.79 Å². The summed E-state index contributed by atoms with van der Waals surface area (Å²) >= 11 is 0. The molecule has 3 fully saturated rings. The van der Waals surface area contributed by atoms with Gasteiger partial charge in [-0.2, -0.15) is 0 Å². The third-order valence-corrected chi connectivity index (χ3v) is 10.5. The summed E-state index contributed by atoms with van der Waals surface area (Å²) in [7, 11) is 0. The van der Waals surface area contributed by atoms with Gasteiger partial charge in [-0.15, -0.1) is 0 Å². The molecule has 4 rings (SSSR count). The molecule has 0 aromatic heterocycles. The van der Waals surface area contributed by atoms with E-state index in [4.69, 9.17) is 0 Å². The first-order chi connectivity index (χ1) is 14.4. The van der Waals surface area contributed by atoms with Crippen molar-refractivity contribution in [1.29, 1.82) is 0 Å². The summed E-state index contributed by atoms with van der Waals surface area (Å²) in [5, 5.41) is 22.9. The van der Waals surface area contributed by atoms with Gasteiger partial charge in [0.1, 0.15) is 0 Å². The Bertz CT molecular complexity index is 777. The van der Waals surface area contributed by atoms with Crippen molar-refractivity contribution in [3.8, 4) is 0 Å². The summed E-state index contributed by atoms with van der Waals surface area (Å²) in [5.74, 6) is 2.18. The summed E-state index contributed by atoms with van der Waals surface area (Å²) in [6.07, 6.45) is 9.79. The van der Waals surface area contributed by atoms with E-state index in [-0.39, 0.29) is 28.6 Å². The molecule has 0 saturated heterocycles. The first-order valence-corrected chi connectivity index (χ1v) is 12.7. The Morgan fingerprint density at radius 3 is 2.61 bits per heavy atom. The second-order valence-electron chi connectivity index (χ2n) is 12.5. The molecular weight excluding hydrogens is 384 g/mol. The minimum absolute atomic E-state index is 0.0642. The van der Waals surface area contributed by atoms with Gasteiger partial charge in [0.25, 0.3) is 0 Å². The van der Waals surface area contributed by atoms with E-state index in [9.17, 15) is 15.0 Å². The Kier molecular flexibility index (Phi) is 5.87. The third-order valence-electron chi connectivity index (χ3n) is 10.5. The normalized spacial score (nSPS) is 44.2. The summed E-state index contributed by atoms with van der Waals surface area (Å²) in [6, 6.07) is 0. The van der Waals surface area contributed by atoms with Crippen LogP contribution in [-0.4, -0.2) is 27.7 Å². The molecule has 0 aliphatic heterocycles. The van der Waals surface area contributed by atoms with E-state index in [2.05, 4.69) is 41.2 Å². The Morgan fingerprint density at radius 2 is 1.94 bits per heavy atom. The van der Waals surface area contributed by atoms with E-state index < -0.39 is 5.60 Å². The van der Waals surface area contributed by atoms with Gasteiger partial charge in [-0.25, -0.2) is 0 Å². The van der Waals surface area contributed by atoms with E-state index >= 15 is 0 Å². The van der Waals surface area contributed by atoms with Gasteiger partial charge < -0.3 is 10.2 Å². The summed E-state index contributed by atoms with van der Waals surface area (Å²) in [4.78, 5) is 12.1. The van der Waals surface area contributed by atoms with E-state index in [1.165, 1.54) is 11.1 Å². The molecule has 4 aliphatic carbocycles. The monoisotopic (exact) mass is 428 g/mol. The highest BCUT2D eigenvalue weighted by Crippen LogP contribution is 2.68. The predicted octanol–water partition coefficient (Wildman–Crippen LogP) is 5.85. The smallest absolute Gasteiger partial charge is 0.155 e. The molecule has 8 atom stereocenters. The van der Waals surface area contributed by atoms with Crippen LogP contribution in [0.2, 0.25) is 0 Å². The molecule has 8 unspecified atom stereocenters. The van der Waals surface area contributed by atoms with Crippen molar-refractivity contribution in [1.82, 2.24) is 0 Å². The lowest BCUT2D eigenvalue weighted by Gasteiger charge is -2.60. The van der Waals surface area contributed by atoms with E-state index in [0.717, 1.165) is 44.9 Å². The number of aliphatic hydroxyl groups excluding tert-OH is 1. The fourth-order valence-electron chi connectivity index (χ4n) is 8.42. The molecule has 4 aliphatic rings. The van der Waals surface area contributed by atoms with Gasteiger partial charge in [0.15, 0.2) is 5.78 Å². The summed E-state index contributed by atoms with van der Waals surface area (Å²) in [5.41, 5.74) is 1.88. The number of hydrogen-bond donors (Lipinski definition) is 2. The average molecular weight is 429 g/mol. The van der Waals surface area contributed by atoms with E-state index in [0.29, 0.717) is 36.5 Å². The molecule has 0 radical (unpaired) electrons. The maximum atomic E-state index is 12.1. The van der Waals surface area contributed by atoms with Crippen molar-refractivity contribution in [2.75, 3.05) is 0 Å².